The fourth-order valence-electron chi connectivity index (χ4n) is 4.39. The van der Waals surface area contributed by atoms with Gasteiger partial charge in [0.25, 0.3) is 0 Å². The molecule has 0 aromatic heterocycles. The Balaban J connectivity index is 1.69. The van der Waals surface area contributed by atoms with Gasteiger partial charge in [0.2, 0.25) is 0 Å². The first-order valence-corrected chi connectivity index (χ1v) is 11.8. The van der Waals surface area contributed by atoms with Crippen LogP contribution in [0.3, 0.4) is 0 Å². The second-order valence-corrected chi connectivity index (χ2v) is 9.54. The molecule has 0 radical (unpaired) electrons. The highest BCUT2D eigenvalue weighted by atomic mass is 35.5. The predicted molar refractivity (Wildman–Crippen MR) is 122 cm³/mol. The lowest BCUT2D eigenvalue weighted by atomic mass is 9.73. The Morgan fingerprint density at radius 3 is 2.17 bits per heavy atom. The third-order valence-electron chi connectivity index (χ3n) is 5.76. The Morgan fingerprint density at radius 2 is 1.62 bits per heavy atom. The highest BCUT2D eigenvalue weighted by molar-refractivity contribution is 7.99. The van der Waals surface area contributed by atoms with Gasteiger partial charge in [0.15, 0.2) is 0 Å². The third kappa shape index (κ3) is 5.32. The number of Topliss-reactive ketones (excluding diaryl/α,β-unsaturated/α-hetero) is 2. The summed E-state index contributed by atoms with van der Waals surface area (Å²) in [5.74, 6) is 0.691. The van der Waals surface area contributed by atoms with Crippen LogP contribution in [0.5, 0.6) is 0 Å². The topological polar surface area (TPSA) is 34.1 Å². The minimum absolute atomic E-state index is 0.104. The Hall–Kier alpha value is -1.58. The van der Waals surface area contributed by atoms with Gasteiger partial charge in [-0.25, -0.2) is 0 Å². The summed E-state index contributed by atoms with van der Waals surface area (Å²) in [6.45, 7) is 6.29. The molecule has 0 bridgehead atoms. The van der Waals surface area contributed by atoms with Crippen LogP contribution in [0.25, 0.3) is 0 Å². The van der Waals surface area contributed by atoms with Crippen molar-refractivity contribution in [1.29, 1.82) is 0 Å². The predicted octanol–water partition coefficient (Wildman–Crippen LogP) is 6.59. The summed E-state index contributed by atoms with van der Waals surface area (Å²) in [6, 6.07) is 12.1. The van der Waals surface area contributed by atoms with Gasteiger partial charge in [-0.1, -0.05) is 49.2 Å². The molecule has 0 saturated heterocycles. The van der Waals surface area contributed by atoms with Crippen molar-refractivity contribution in [3.8, 4) is 0 Å². The molecule has 0 amide bonds. The highest BCUT2D eigenvalue weighted by Gasteiger charge is 2.38. The van der Waals surface area contributed by atoms with Crippen molar-refractivity contribution in [2.24, 2.45) is 5.92 Å². The van der Waals surface area contributed by atoms with E-state index in [9.17, 15) is 9.59 Å². The molecule has 2 aromatic rings. The number of rotatable bonds is 7. The van der Waals surface area contributed by atoms with Crippen molar-refractivity contribution in [3.05, 3.63) is 63.7 Å². The number of ketones is 2. The lowest BCUT2D eigenvalue weighted by Crippen LogP contribution is -2.33. The van der Waals surface area contributed by atoms with Gasteiger partial charge in [-0.15, -0.1) is 11.8 Å². The number of hydrogen-bond donors (Lipinski definition) is 0. The molecule has 29 heavy (non-hydrogen) atoms. The number of hydrogen-bond acceptors (Lipinski definition) is 3. The van der Waals surface area contributed by atoms with Crippen molar-refractivity contribution in [2.45, 2.75) is 63.7 Å². The van der Waals surface area contributed by atoms with E-state index in [-0.39, 0.29) is 17.5 Å². The smallest absolute Gasteiger partial charge is 0.148 e. The first kappa shape index (κ1) is 22.1. The van der Waals surface area contributed by atoms with Gasteiger partial charge in [0.1, 0.15) is 17.5 Å². The first-order chi connectivity index (χ1) is 13.9. The van der Waals surface area contributed by atoms with Crippen molar-refractivity contribution in [3.63, 3.8) is 0 Å². The highest BCUT2D eigenvalue weighted by Crippen LogP contribution is 2.37. The molecule has 4 heteroatoms. The molecule has 1 aliphatic carbocycles. The fourth-order valence-corrected chi connectivity index (χ4v) is 5.72. The van der Waals surface area contributed by atoms with E-state index in [1.807, 2.05) is 24.3 Å². The van der Waals surface area contributed by atoms with Crippen molar-refractivity contribution in [1.82, 2.24) is 0 Å². The third-order valence-corrected chi connectivity index (χ3v) is 7.02. The van der Waals surface area contributed by atoms with E-state index in [1.165, 1.54) is 5.56 Å². The van der Waals surface area contributed by atoms with E-state index in [2.05, 4.69) is 32.9 Å². The van der Waals surface area contributed by atoms with Gasteiger partial charge in [-0.2, -0.15) is 0 Å². The number of thioether (sulfide) groups is 1. The summed E-state index contributed by atoms with van der Waals surface area (Å²) in [5, 5.41) is 0.734. The Kier molecular flexibility index (Phi) is 7.59. The van der Waals surface area contributed by atoms with Gasteiger partial charge in [0.05, 0.1) is 0 Å². The molecule has 1 saturated carbocycles. The van der Waals surface area contributed by atoms with E-state index in [4.69, 9.17) is 11.6 Å². The Labute approximate surface area is 183 Å². The average molecular weight is 429 g/mol. The summed E-state index contributed by atoms with van der Waals surface area (Å²) in [7, 11) is 0. The molecular formula is C25H29ClO2S. The van der Waals surface area contributed by atoms with Gasteiger partial charge < -0.3 is 0 Å². The normalized spacial score (nSPS) is 19.6. The molecule has 2 nitrogen and oxygen atoms in total. The van der Waals surface area contributed by atoms with Gasteiger partial charge in [0, 0.05) is 22.8 Å². The van der Waals surface area contributed by atoms with E-state index < -0.39 is 5.92 Å². The van der Waals surface area contributed by atoms with E-state index in [1.54, 1.807) is 11.8 Å². The number of halogens is 1. The molecule has 154 valence electrons. The molecule has 0 unspecified atom stereocenters. The number of aryl methyl sites for hydroxylation is 3. The number of benzene rings is 2. The van der Waals surface area contributed by atoms with Gasteiger partial charge in [-0.05, 0) is 72.7 Å². The SMILES string of the molecule is CCc1cc(C)cc(CC)c1C1C(=O)CC(CCSc2cccc(Cl)c2)CC1=O. The number of carbonyl (C=O) groups excluding carboxylic acids is 2. The van der Waals surface area contributed by atoms with Crippen molar-refractivity contribution >= 4 is 34.9 Å². The minimum atomic E-state index is -0.558. The van der Waals surface area contributed by atoms with E-state index in [0.29, 0.717) is 12.8 Å². The standard InChI is InChI=1S/C25H29ClO2S/c1-4-18-11-16(3)12-19(5-2)24(18)25-22(27)13-17(14-23(25)28)9-10-29-21-8-6-7-20(26)15-21/h6-8,11-12,15,17,25H,4-5,9-10,13-14H2,1-3H3. The minimum Gasteiger partial charge on any atom is -0.299 e. The molecule has 1 aliphatic rings. The number of carbonyl (C=O) groups is 2. The second kappa shape index (κ2) is 9.95. The average Bonchev–Trinajstić information content (AvgIpc) is 2.68. The molecule has 3 rings (SSSR count). The Morgan fingerprint density at radius 1 is 1.00 bits per heavy atom. The monoisotopic (exact) mass is 428 g/mol. The lowest BCUT2D eigenvalue weighted by Gasteiger charge is -2.29. The van der Waals surface area contributed by atoms with Crippen LogP contribution in [-0.2, 0) is 22.4 Å². The summed E-state index contributed by atoms with van der Waals surface area (Å²) < 4.78 is 0. The lowest BCUT2D eigenvalue weighted by molar-refractivity contribution is -0.133. The molecule has 2 aromatic carbocycles. The molecule has 1 fully saturated rings. The summed E-state index contributed by atoms with van der Waals surface area (Å²) in [6.07, 6.45) is 3.58. The largest absolute Gasteiger partial charge is 0.299 e. The van der Waals surface area contributed by atoms with Crippen LogP contribution in [0.2, 0.25) is 5.02 Å². The fraction of sp³-hybridized carbons (Fsp3) is 0.440. The molecule has 0 N–H and O–H groups in total. The summed E-state index contributed by atoms with van der Waals surface area (Å²) in [5.41, 5.74) is 4.52. The van der Waals surface area contributed by atoms with Crippen LogP contribution in [0.1, 0.15) is 61.3 Å². The quantitative estimate of drug-likeness (QED) is 0.368. The van der Waals surface area contributed by atoms with Crippen molar-refractivity contribution < 1.29 is 9.59 Å². The molecule has 0 aliphatic heterocycles. The maximum atomic E-state index is 13.1. The van der Waals surface area contributed by atoms with Crippen LogP contribution in [-0.4, -0.2) is 17.3 Å². The first-order valence-electron chi connectivity index (χ1n) is 10.5. The van der Waals surface area contributed by atoms with E-state index >= 15 is 0 Å². The molecule has 0 heterocycles. The van der Waals surface area contributed by atoms with Crippen molar-refractivity contribution in [2.75, 3.05) is 5.75 Å². The van der Waals surface area contributed by atoms with Gasteiger partial charge >= 0.3 is 0 Å². The zero-order chi connectivity index (χ0) is 21.0. The molecule has 0 atom stereocenters. The molecular weight excluding hydrogens is 400 g/mol. The zero-order valence-corrected chi connectivity index (χ0v) is 19.0. The van der Waals surface area contributed by atoms with Crippen LogP contribution >= 0.6 is 23.4 Å². The summed E-state index contributed by atoms with van der Waals surface area (Å²) >= 11 is 7.78. The van der Waals surface area contributed by atoms with Gasteiger partial charge in [-0.3, -0.25) is 9.59 Å². The van der Waals surface area contributed by atoms with E-state index in [0.717, 1.165) is 51.6 Å². The van der Waals surface area contributed by atoms with Crippen LogP contribution in [0, 0.1) is 12.8 Å². The van der Waals surface area contributed by atoms with Crippen LogP contribution in [0.15, 0.2) is 41.3 Å². The zero-order valence-electron chi connectivity index (χ0n) is 17.5. The maximum absolute atomic E-state index is 13.1. The second-order valence-electron chi connectivity index (χ2n) is 7.94. The van der Waals surface area contributed by atoms with Crippen LogP contribution in [0.4, 0.5) is 0 Å². The summed E-state index contributed by atoms with van der Waals surface area (Å²) in [4.78, 5) is 27.3. The Bertz CT molecular complexity index is 862. The molecule has 0 spiro atoms. The van der Waals surface area contributed by atoms with Crippen LogP contribution < -0.4 is 0 Å². The maximum Gasteiger partial charge on any atom is 0.148 e.